The SMILES string of the molecule is CCC(C)N(C)CCN=C(N)Nc1ccccc1COC.I. The third-order valence-electron chi connectivity index (χ3n) is 3.66. The van der Waals surface area contributed by atoms with E-state index >= 15 is 0 Å². The molecule has 0 fully saturated rings. The van der Waals surface area contributed by atoms with Gasteiger partial charge in [0.2, 0.25) is 0 Å². The van der Waals surface area contributed by atoms with E-state index in [1.807, 2.05) is 24.3 Å². The Morgan fingerprint density at radius 3 is 2.73 bits per heavy atom. The van der Waals surface area contributed by atoms with Gasteiger partial charge in [0.05, 0.1) is 13.2 Å². The monoisotopic (exact) mass is 420 g/mol. The molecule has 5 nitrogen and oxygen atoms in total. The molecule has 22 heavy (non-hydrogen) atoms. The van der Waals surface area contributed by atoms with Crippen molar-refractivity contribution in [2.75, 3.05) is 32.6 Å². The number of halogens is 1. The third-order valence-corrected chi connectivity index (χ3v) is 3.66. The van der Waals surface area contributed by atoms with E-state index < -0.39 is 0 Å². The van der Waals surface area contributed by atoms with Gasteiger partial charge in [0.25, 0.3) is 0 Å². The van der Waals surface area contributed by atoms with Gasteiger partial charge < -0.3 is 20.7 Å². The fraction of sp³-hybridized carbons (Fsp3) is 0.562. The van der Waals surface area contributed by atoms with Gasteiger partial charge in [-0.05, 0) is 26.5 Å². The molecule has 1 unspecified atom stereocenters. The summed E-state index contributed by atoms with van der Waals surface area (Å²) < 4.78 is 5.17. The van der Waals surface area contributed by atoms with Crippen molar-refractivity contribution in [3.8, 4) is 0 Å². The largest absolute Gasteiger partial charge is 0.380 e. The Balaban J connectivity index is 0.00000441. The Bertz CT molecular complexity index is 454. The number of benzene rings is 1. The Morgan fingerprint density at radius 1 is 1.41 bits per heavy atom. The van der Waals surface area contributed by atoms with Gasteiger partial charge in [-0.1, -0.05) is 25.1 Å². The molecule has 1 atom stereocenters. The maximum Gasteiger partial charge on any atom is 0.193 e. The summed E-state index contributed by atoms with van der Waals surface area (Å²) in [4.78, 5) is 6.67. The molecule has 0 aliphatic rings. The predicted octanol–water partition coefficient (Wildman–Crippen LogP) is 2.91. The summed E-state index contributed by atoms with van der Waals surface area (Å²) in [6.45, 7) is 6.54. The van der Waals surface area contributed by atoms with Crippen LogP contribution in [0.2, 0.25) is 0 Å². The van der Waals surface area contributed by atoms with Gasteiger partial charge in [0.1, 0.15) is 0 Å². The predicted molar refractivity (Wildman–Crippen MR) is 105 cm³/mol. The Kier molecular flexibility index (Phi) is 11.2. The summed E-state index contributed by atoms with van der Waals surface area (Å²) in [6.07, 6.45) is 1.14. The molecule has 0 saturated carbocycles. The maximum atomic E-state index is 5.95. The first kappa shape index (κ1) is 21.1. The molecule has 1 aromatic rings. The minimum Gasteiger partial charge on any atom is -0.380 e. The van der Waals surface area contributed by atoms with E-state index in [0.29, 0.717) is 25.2 Å². The smallest absolute Gasteiger partial charge is 0.193 e. The van der Waals surface area contributed by atoms with E-state index in [2.05, 4.69) is 36.1 Å². The highest BCUT2D eigenvalue weighted by molar-refractivity contribution is 14.0. The molecule has 1 rings (SSSR count). The first-order valence-corrected chi connectivity index (χ1v) is 7.42. The minimum absolute atomic E-state index is 0. The molecule has 0 bridgehead atoms. The summed E-state index contributed by atoms with van der Waals surface area (Å²) in [6, 6.07) is 8.49. The summed E-state index contributed by atoms with van der Waals surface area (Å²) >= 11 is 0. The molecule has 0 saturated heterocycles. The quantitative estimate of drug-likeness (QED) is 0.386. The number of methoxy groups -OCH3 is 1. The van der Waals surface area contributed by atoms with Crippen LogP contribution in [0.4, 0.5) is 5.69 Å². The number of ether oxygens (including phenoxy) is 1. The van der Waals surface area contributed by atoms with E-state index in [9.17, 15) is 0 Å². The van der Waals surface area contributed by atoms with Crippen molar-refractivity contribution in [3.63, 3.8) is 0 Å². The number of aliphatic imine (C=N–C) groups is 1. The molecule has 0 aliphatic carbocycles. The standard InChI is InChI=1S/C16H28N4O.HI/c1-5-13(2)20(3)11-10-18-16(17)19-15-9-7-6-8-14(15)12-21-4;/h6-9,13H,5,10-12H2,1-4H3,(H3,17,18,19);1H. The van der Waals surface area contributed by atoms with Crippen LogP contribution in [0.15, 0.2) is 29.3 Å². The number of likely N-dealkylation sites (N-methyl/N-ethyl adjacent to an activating group) is 1. The van der Waals surface area contributed by atoms with Gasteiger partial charge in [-0.15, -0.1) is 24.0 Å². The number of nitrogens with one attached hydrogen (secondary N) is 1. The number of rotatable bonds is 8. The van der Waals surface area contributed by atoms with Gasteiger partial charge in [0.15, 0.2) is 5.96 Å². The van der Waals surface area contributed by atoms with E-state index in [4.69, 9.17) is 10.5 Å². The molecule has 0 spiro atoms. The summed E-state index contributed by atoms with van der Waals surface area (Å²) in [7, 11) is 3.79. The molecule has 0 amide bonds. The first-order valence-electron chi connectivity index (χ1n) is 7.42. The first-order chi connectivity index (χ1) is 10.1. The zero-order valence-electron chi connectivity index (χ0n) is 14.0. The highest BCUT2D eigenvalue weighted by Crippen LogP contribution is 2.15. The Labute approximate surface area is 151 Å². The second-order valence-corrected chi connectivity index (χ2v) is 5.22. The molecule has 3 N–H and O–H groups in total. The molecule has 126 valence electrons. The number of nitrogens with two attached hydrogens (primary N) is 1. The Hall–Kier alpha value is -0.860. The second kappa shape index (κ2) is 11.7. The van der Waals surface area contributed by atoms with Crippen molar-refractivity contribution in [3.05, 3.63) is 29.8 Å². The van der Waals surface area contributed by atoms with Crippen LogP contribution in [0.5, 0.6) is 0 Å². The van der Waals surface area contributed by atoms with Crippen molar-refractivity contribution in [1.29, 1.82) is 0 Å². The second-order valence-electron chi connectivity index (χ2n) is 5.22. The van der Waals surface area contributed by atoms with Crippen molar-refractivity contribution < 1.29 is 4.74 Å². The summed E-state index contributed by atoms with van der Waals surface area (Å²) in [5.41, 5.74) is 7.95. The third kappa shape index (κ3) is 7.42. The zero-order chi connectivity index (χ0) is 15.7. The summed E-state index contributed by atoms with van der Waals surface area (Å²) in [5.74, 6) is 0.441. The van der Waals surface area contributed by atoms with Crippen LogP contribution in [0.1, 0.15) is 25.8 Å². The molecule has 0 heterocycles. The average Bonchev–Trinajstić information content (AvgIpc) is 2.48. The lowest BCUT2D eigenvalue weighted by molar-refractivity contribution is 0.185. The molecule has 1 aromatic carbocycles. The van der Waals surface area contributed by atoms with Gasteiger partial charge in [-0.2, -0.15) is 0 Å². The van der Waals surface area contributed by atoms with Gasteiger partial charge in [-0.25, -0.2) is 0 Å². The van der Waals surface area contributed by atoms with Gasteiger partial charge >= 0.3 is 0 Å². The number of hydrogen-bond acceptors (Lipinski definition) is 3. The molecule has 0 aliphatic heterocycles. The van der Waals surface area contributed by atoms with Crippen LogP contribution in [0.3, 0.4) is 0 Å². The van der Waals surface area contributed by atoms with Crippen molar-refractivity contribution in [1.82, 2.24) is 4.90 Å². The molecule has 6 heteroatoms. The molecular weight excluding hydrogens is 391 g/mol. The lowest BCUT2D eigenvalue weighted by Gasteiger charge is -2.22. The normalized spacial score (nSPS) is 12.9. The number of anilines is 1. The van der Waals surface area contributed by atoms with Gasteiger partial charge in [-0.3, -0.25) is 4.99 Å². The molecule has 0 aromatic heterocycles. The maximum absolute atomic E-state index is 5.95. The van der Waals surface area contributed by atoms with E-state index in [0.717, 1.165) is 24.2 Å². The molecular formula is C16H29IN4O. The van der Waals surface area contributed by atoms with E-state index in [-0.39, 0.29) is 24.0 Å². The fourth-order valence-electron chi connectivity index (χ4n) is 1.96. The number of para-hydroxylation sites is 1. The zero-order valence-corrected chi connectivity index (χ0v) is 16.3. The number of guanidine groups is 1. The van der Waals surface area contributed by atoms with Crippen LogP contribution >= 0.6 is 24.0 Å². The lowest BCUT2D eigenvalue weighted by atomic mass is 10.2. The van der Waals surface area contributed by atoms with Crippen LogP contribution in [-0.2, 0) is 11.3 Å². The highest BCUT2D eigenvalue weighted by atomic mass is 127. The summed E-state index contributed by atoms with van der Waals surface area (Å²) in [5, 5.41) is 3.14. The highest BCUT2D eigenvalue weighted by Gasteiger charge is 2.06. The van der Waals surface area contributed by atoms with Crippen molar-refractivity contribution >= 4 is 35.6 Å². The van der Waals surface area contributed by atoms with E-state index in [1.54, 1.807) is 7.11 Å². The minimum atomic E-state index is 0. The van der Waals surface area contributed by atoms with Crippen LogP contribution in [-0.4, -0.2) is 44.1 Å². The van der Waals surface area contributed by atoms with Crippen molar-refractivity contribution in [2.24, 2.45) is 10.7 Å². The van der Waals surface area contributed by atoms with Crippen LogP contribution in [0, 0.1) is 0 Å². The Morgan fingerprint density at radius 2 is 2.09 bits per heavy atom. The molecule has 0 radical (unpaired) electrons. The van der Waals surface area contributed by atoms with Gasteiger partial charge in [0, 0.05) is 30.9 Å². The number of hydrogen-bond donors (Lipinski definition) is 2. The average molecular weight is 420 g/mol. The van der Waals surface area contributed by atoms with Crippen molar-refractivity contribution in [2.45, 2.75) is 32.9 Å². The van der Waals surface area contributed by atoms with Crippen LogP contribution < -0.4 is 11.1 Å². The fourth-order valence-corrected chi connectivity index (χ4v) is 1.96. The van der Waals surface area contributed by atoms with Crippen LogP contribution in [0.25, 0.3) is 0 Å². The lowest BCUT2D eigenvalue weighted by Crippen LogP contribution is -2.32. The topological polar surface area (TPSA) is 62.9 Å². The number of nitrogens with zero attached hydrogens (tertiary/aromatic N) is 2. The van der Waals surface area contributed by atoms with E-state index in [1.165, 1.54) is 0 Å².